The summed E-state index contributed by atoms with van der Waals surface area (Å²) < 4.78 is 14.9. The molecule has 0 aliphatic carbocycles. The maximum Gasteiger partial charge on any atom is 0.418 e. The summed E-state index contributed by atoms with van der Waals surface area (Å²) >= 11 is 6.05. The molecule has 0 spiro atoms. The van der Waals surface area contributed by atoms with Crippen LogP contribution in [0.4, 0.5) is 5.82 Å². The Bertz CT molecular complexity index is 830. The number of aryl methyl sites for hydroxylation is 1. The molecule has 0 bridgehead atoms. The Balaban J connectivity index is 1.59. The standard InChI is InChI=1S/C14H11ClN4O4/c1-8-6-11(18-22-8)16-12(20)7-21-14-17-13(19-23-14)9-4-2-3-5-10(9)15/h2-6H,7H2,1H3,(H,16,18,20). The number of nitrogens with one attached hydrogen (secondary N) is 1. The van der Waals surface area contributed by atoms with Gasteiger partial charge < -0.3 is 14.6 Å². The first-order valence-corrected chi connectivity index (χ1v) is 6.94. The quantitative estimate of drug-likeness (QED) is 0.765. The third-order valence-corrected chi connectivity index (χ3v) is 3.07. The summed E-state index contributed by atoms with van der Waals surface area (Å²) in [6.07, 6.45) is -0.133. The summed E-state index contributed by atoms with van der Waals surface area (Å²) in [5.41, 5.74) is 0.607. The predicted molar refractivity (Wildman–Crippen MR) is 80.1 cm³/mol. The lowest BCUT2D eigenvalue weighted by atomic mass is 10.2. The highest BCUT2D eigenvalue weighted by atomic mass is 35.5. The second-order valence-electron chi connectivity index (χ2n) is 4.52. The zero-order valence-corrected chi connectivity index (χ0v) is 12.7. The van der Waals surface area contributed by atoms with Gasteiger partial charge >= 0.3 is 6.08 Å². The van der Waals surface area contributed by atoms with Crippen LogP contribution in [0.2, 0.25) is 5.02 Å². The van der Waals surface area contributed by atoms with Crippen molar-refractivity contribution in [1.82, 2.24) is 15.3 Å². The number of carbonyl (C=O) groups is 1. The number of amides is 1. The molecule has 23 heavy (non-hydrogen) atoms. The Morgan fingerprint density at radius 2 is 2.13 bits per heavy atom. The molecule has 9 heteroatoms. The molecule has 0 aliphatic heterocycles. The fraction of sp³-hybridized carbons (Fsp3) is 0.143. The first-order valence-electron chi connectivity index (χ1n) is 6.56. The lowest BCUT2D eigenvalue weighted by Gasteiger charge is -2.00. The Morgan fingerprint density at radius 1 is 1.30 bits per heavy atom. The van der Waals surface area contributed by atoms with Gasteiger partial charge in [-0.05, 0) is 19.1 Å². The number of hydrogen-bond donors (Lipinski definition) is 1. The second-order valence-corrected chi connectivity index (χ2v) is 4.93. The molecule has 3 rings (SSSR count). The summed E-state index contributed by atoms with van der Waals surface area (Å²) in [7, 11) is 0. The van der Waals surface area contributed by atoms with Crippen LogP contribution in [0.3, 0.4) is 0 Å². The molecule has 118 valence electrons. The minimum Gasteiger partial charge on any atom is -0.439 e. The van der Waals surface area contributed by atoms with Crippen molar-refractivity contribution in [2.75, 3.05) is 11.9 Å². The van der Waals surface area contributed by atoms with E-state index in [1.54, 1.807) is 37.3 Å². The maximum absolute atomic E-state index is 11.7. The zero-order chi connectivity index (χ0) is 16.2. The van der Waals surface area contributed by atoms with E-state index in [1.807, 2.05) is 0 Å². The van der Waals surface area contributed by atoms with Gasteiger partial charge in [-0.15, -0.1) is 0 Å². The topological polar surface area (TPSA) is 103 Å². The first kappa shape index (κ1) is 15.0. The Labute approximate surface area is 135 Å². The highest BCUT2D eigenvalue weighted by Crippen LogP contribution is 2.26. The minimum absolute atomic E-state index is 0.133. The minimum atomic E-state index is -0.434. The SMILES string of the molecule is Cc1cc(NC(=O)COc2nc(-c3ccccc3Cl)no2)no1. The van der Waals surface area contributed by atoms with E-state index < -0.39 is 5.91 Å². The van der Waals surface area contributed by atoms with Crippen molar-refractivity contribution in [2.24, 2.45) is 0 Å². The molecule has 2 aromatic heterocycles. The van der Waals surface area contributed by atoms with Crippen LogP contribution >= 0.6 is 11.6 Å². The molecule has 2 heterocycles. The Hall–Kier alpha value is -2.87. The van der Waals surface area contributed by atoms with Crippen LogP contribution in [0.5, 0.6) is 6.08 Å². The number of ether oxygens (including phenoxy) is 1. The first-order chi connectivity index (χ1) is 11.1. The molecule has 0 radical (unpaired) electrons. The van der Waals surface area contributed by atoms with Crippen LogP contribution in [-0.2, 0) is 4.79 Å². The number of benzene rings is 1. The summed E-state index contributed by atoms with van der Waals surface area (Å²) in [5.74, 6) is 0.731. The van der Waals surface area contributed by atoms with Crippen molar-refractivity contribution >= 4 is 23.3 Å². The molecule has 0 saturated heterocycles. The van der Waals surface area contributed by atoms with Crippen molar-refractivity contribution in [1.29, 1.82) is 0 Å². The maximum atomic E-state index is 11.7. The number of anilines is 1. The summed E-state index contributed by atoms with van der Waals surface area (Å²) in [4.78, 5) is 15.7. The number of nitrogens with zero attached hydrogens (tertiary/aromatic N) is 3. The molecular formula is C14H11ClN4O4. The molecule has 0 atom stereocenters. The van der Waals surface area contributed by atoms with Crippen LogP contribution in [0.15, 0.2) is 39.4 Å². The van der Waals surface area contributed by atoms with E-state index in [0.717, 1.165) is 0 Å². The van der Waals surface area contributed by atoms with E-state index in [-0.39, 0.29) is 18.5 Å². The zero-order valence-electron chi connectivity index (χ0n) is 11.9. The smallest absolute Gasteiger partial charge is 0.418 e. The monoisotopic (exact) mass is 334 g/mol. The molecule has 1 N–H and O–H groups in total. The summed E-state index contributed by atoms with van der Waals surface area (Å²) in [5, 5.41) is 10.4. The number of carbonyl (C=O) groups excluding carboxylic acids is 1. The normalized spacial score (nSPS) is 10.5. The fourth-order valence-electron chi connectivity index (χ4n) is 1.75. The van der Waals surface area contributed by atoms with E-state index >= 15 is 0 Å². The Morgan fingerprint density at radius 3 is 2.87 bits per heavy atom. The highest BCUT2D eigenvalue weighted by Gasteiger charge is 2.14. The van der Waals surface area contributed by atoms with E-state index in [2.05, 4.69) is 20.6 Å². The van der Waals surface area contributed by atoms with E-state index in [9.17, 15) is 4.79 Å². The molecule has 0 unspecified atom stereocenters. The van der Waals surface area contributed by atoms with Gasteiger partial charge in [0, 0.05) is 11.6 Å². The van der Waals surface area contributed by atoms with Gasteiger partial charge in [-0.3, -0.25) is 9.32 Å². The van der Waals surface area contributed by atoms with Crippen molar-refractivity contribution in [3.05, 3.63) is 41.1 Å². The fourth-order valence-corrected chi connectivity index (χ4v) is 1.97. The molecule has 1 aromatic carbocycles. The van der Waals surface area contributed by atoms with Gasteiger partial charge in [-0.25, -0.2) is 0 Å². The molecule has 1 amide bonds. The van der Waals surface area contributed by atoms with E-state index in [4.69, 9.17) is 25.4 Å². The van der Waals surface area contributed by atoms with Crippen LogP contribution in [0, 0.1) is 6.92 Å². The van der Waals surface area contributed by atoms with Gasteiger partial charge in [-0.2, -0.15) is 4.98 Å². The van der Waals surface area contributed by atoms with Crippen LogP contribution in [0.25, 0.3) is 11.4 Å². The molecule has 0 aliphatic rings. The van der Waals surface area contributed by atoms with Gasteiger partial charge in [0.2, 0.25) is 5.82 Å². The summed E-state index contributed by atoms with van der Waals surface area (Å²) in [6, 6.07) is 8.63. The molecule has 0 saturated carbocycles. The van der Waals surface area contributed by atoms with Crippen molar-refractivity contribution < 1.29 is 18.6 Å². The van der Waals surface area contributed by atoms with Gasteiger partial charge in [0.25, 0.3) is 5.91 Å². The average molecular weight is 335 g/mol. The van der Waals surface area contributed by atoms with Crippen molar-refractivity contribution in [3.8, 4) is 17.5 Å². The van der Waals surface area contributed by atoms with E-state index in [0.29, 0.717) is 22.2 Å². The number of hydrogen-bond acceptors (Lipinski definition) is 7. The van der Waals surface area contributed by atoms with Gasteiger partial charge in [0.15, 0.2) is 12.4 Å². The number of halogens is 1. The molecule has 8 nitrogen and oxygen atoms in total. The molecular weight excluding hydrogens is 324 g/mol. The van der Waals surface area contributed by atoms with Gasteiger partial charge in [0.05, 0.1) is 5.02 Å². The van der Waals surface area contributed by atoms with Crippen molar-refractivity contribution in [3.63, 3.8) is 0 Å². The van der Waals surface area contributed by atoms with Gasteiger partial charge in [0.1, 0.15) is 5.76 Å². The third kappa shape index (κ3) is 3.67. The summed E-state index contributed by atoms with van der Waals surface area (Å²) in [6.45, 7) is 1.41. The van der Waals surface area contributed by atoms with Crippen LogP contribution in [0.1, 0.15) is 5.76 Å². The molecule has 3 aromatic rings. The number of aromatic nitrogens is 3. The largest absolute Gasteiger partial charge is 0.439 e. The lowest BCUT2D eigenvalue weighted by molar-refractivity contribution is -0.118. The third-order valence-electron chi connectivity index (χ3n) is 2.74. The number of rotatable bonds is 5. The molecule has 0 fully saturated rings. The lowest BCUT2D eigenvalue weighted by Crippen LogP contribution is -2.20. The van der Waals surface area contributed by atoms with Crippen LogP contribution in [-0.4, -0.2) is 27.8 Å². The second kappa shape index (κ2) is 6.49. The average Bonchev–Trinajstić information content (AvgIpc) is 3.15. The highest BCUT2D eigenvalue weighted by molar-refractivity contribution is 6.33. The van der Waals surface area contributed by atoms with Gasteiger partial charge in [-0.1, -0.05) is 34.0 Å². The van der Waals surface area contributed by atoms with Crippen LogP contribution < -0.4 is 10.1 Å². The van der Waals surface area contributed by atoms with Crippen molar-refractivity contribution in [2.45, 2.75) is 6.92 Å². The predicted octanol–water partition coefficient (Wildman–Crippen LogP) is 2.70. The Kier molecular flexibility index (Phi) is 4.24. The van der Waals surface area contributed by atoms with E-state index in [1.165, 1.54) is 0 Å².